The molecule has 0 spiro atoms. The smallest absolute Gasteiger partial charge is 0.293 e. The number of hydrogen-bond donors (Lipinski definition) is 2. The summed E-state index contributed by atoms with van der Waals surface area (Å²) in [5.74, 6) is 0.964. The van der Waals surface area contributed by atoms with Crippen LogP contribution in [0.15, 0.2) is 22.6 Å². The van der Waals surface area contributed by atoms with Crippen molar-refractivity contribution in [2.24, 2.45) is 0 Å². The lowest BCUT2D eigenvalue weighted by Gasteiger charge is -2.06. The van der Waals surface area contributed by atoms with Gasteiger partial charge < -0.3 is 15.1 Å². The van der Waals surface area contributed by atoms with Crippen molar-refractivity contribution in [3.63, 3.8) is 0 Å². The van der Waals surface area contributed by atoms with E-state index < -0.39 is 4.92 Å². The minimum Gasteiger partial charge on any atom is -0.423 e. The Labute approximate surface area is 131 Å². The van der Waals surface area contributed by atoms with Gasteiger partial charge in [0.2, 0.25) is 11.8 Å². The molecular weight excluding hydrogens is 302 g/mol. The Balaban J connectivity index is 1.75. The van der Waals surface area contributed by atoms with E-state index in [1.54, 1.807) is 0 Å². The monoisotopic (exact) mass is 317 g/mol. The first kappa shape index (κ1) is 14.9. The molecule has 1 fully saturated rings. The third-order valence-electron chi connectivity index (χ3n) is 3.52. The molecule has 1 saturated carbocycles. The van der Waals surface area contributed by atoms with Gasteiger partial charge >= 0.3 is 0 Å². The van der Waals surface area contributed by atoms with E-state index in [0.717, 1.165) is 12.8 Å². The number of nitrogens with zero attached hydrogens (tertiary/aromatic N) is 3. The maximum absolute atomic E-state index is 11.6. The number of carbonyl (C=O) groups is 1. The van der Waals surface area contributed by atoms with Crippen LogP contribution in [0.3, 0.4) is 0 Å². The Morgan fingerprint density at radius 2 is 2.22 bits per heavy atom. The van der Waals surface area contributed by atoms with Gasteiger partial charge in [0, 0.05) is 24.6 Å². The molecule has 1 aromatic heterocycles. The van der Waals surface area contributed by atoms with Crippen LogP contribution >= 0.6 is 0 Å². The molecular formula is C14H15N5O4. The molecule has 0 aliphatic heterocycles. The molecule has 3 rings (SSSR count). The molecule has 2 aromatic rings. The third-order valence-corrected chi connectivity index (χ3v) is 3.52. The molecule has 1 heterocycles. The zero-order valence-corrected chi connectivity index (χ0v) is 12.4. The van der Waals surface area contributed by atoms with E-state index in [2.05, 4.69) is 20.8 Å². The predicted molar refractivity (Wildman–Crippen MR) is 80.1 cm³/mol. The summed E-state index contributed by atoms with van der Waals surface area (Å²) in [5, 5.41) is 24.4. The van der Waals surface area contributed by atoms with Crippen LogP contribution in [0.2, 0.25) is 0 Å². The molecule has 1 aliphatic rings. The number of benzene rings is 1. The fourth-order valence-electron chi connectivity index (χ4n) is 2.12. The lowest BCUT2D eigenvalue weighted by atomic mass is 10.1. The summed E-state index contributed by atoms with van der Waals surface area (Å²) in [6.45, 7) is 0.180. The standard InChI is InChI=1S/C14H15N5O4/c1-15-13(20)9-4-5-10(11(6-9)19(21)22)16-7-12-17-18-14(23-12)8-2-3-8/h4-6,8,16H,2-3,7H2,1H3,(H,15,20). The Hall–Kier alpha value is -2.97. The van der Waals surface area contributed by atoms with Gasteiger partial charge in [-0.15, -0.1) is 10.2 Å². The SMILES string of the molecule is CNC(=O)c1ccc(NCc2nnc(C3CC3)o2)c([N+](=O)[O-])c1. The van der Waals surface area contributed by atoms with E-state index in [9.17, 15) is 14.9 Å². The van der Waals surface area contributed by atoms with Gasteiger partial charge in [0.1, 0.15) is 5.69 Å². The normalized spacial score (nSPS) is 13.6. The number of amides is 1. The molecule has 1 aromatic carbocycles. The Kier molecular flexibility index (Phi) is 3.92. The summed E-state index contributed by atoms with van der Waals surface area (Å²) in [6, 6.07) is 4.23. The molecule has 0 atom stereocenters. The van der Waals surface area contributed by atoms with Gasteiger partial charge in [0.05, 0.1) is 11.5 Å². The minimum atomic E-state index is -0.543. The van der Waals surface area contributed by atoms with Crippen molar-refractivity contribution in [1.29, 1.82) is 0 Å². The van der Waals surface area contributed by atoms with Crippen LogP contribution in [-0.4, -0.2) is 28.1 Å². The molecule has 0 bridgehead atoms. The van der Waals surface area contributed by atoms with Gasteiger partial charge in [0.15, 0.2) is 0 Å². The Morgan fingerprint density at radius 1 is 1.43 bits per heavy atom. The van der Waals surface area contributed by atoms with E-state index >= 15 is 0 Å². The van der Waals surface area contributed by atoms with Crippen LogP contribution in [0.4, 0.5) is 11.4 Å². The average molecular weight is 317 g/mol. The molecule has 120 valence electrons. The topological polar surface area (TPSA) is 123 Å². The number of hydrogen-bond acceptors (Lipinski definition) is 7. The van der Waals surface area contributed by atoms with E-state index in [-0.39, 0.29) is 29.4 Å². The molecule has 0 unspecified atom stereocenters. The van der Waals surface area contributed by atoms with Crippen LogP contribution in [-0.2, 0) is 6.54 Å². The minimum absolute atomic E-state index is 0.180. The number of nitrogens with one attached hydrogen (secondary N) is 2. The zero-order valence-electron chi connectivity index (χ0n) is 12.4. The van der Waals surface area contributed by atoms with Crippen LogP contribution in [0.25, 0.3) is 0 Å². The highest BCUT2D eigenvalue weighted by molar-refractivity contribution is 5.95. The summed E-state index contributed by atoms with van der Waals surface area (Å²) in [7, 11) is 1.47. The van der Waals surface area contributed by atoms with Crippen molar-refractivity contribution >= 4 is 17.3 Å². The van der Waals surface area contributed by atoms with Crippen LogP contribution < -0.4 is 10.6 Å². The second kappa shape index (κ2) is 6.03. The molecule has 1 aliphatic carbocycles. The van der Waals surface area contributed by atoms with Crippen LogP contribution in [0.1, 0.15) is 40.9 Å². The van der Waals surface area contributed by atoms with E-state index in [4.69, 9.17) is 4.42 Å². The third kappa shape index (κ3) is 3.28. The first-order valence-electron chi connectivity index (χ1n) is 7.15. The summed E-state index contributed by atoms with van der Waals surface area (Å²) >= 11 is 0. The largest absolute Gasteiger partial charge is 0.423 e. The van der Waals surface area contributed by atoms with Crippen LogP contribution in [0, 0.1) is 10.1 Å². The molecule has 0 radical (unpaired) electrons. The summed E-state index contributed by atoms with van der Waals surface area (Å²) in [4.78, 5) is 22.2. The van der Waals surface area contributed by atoms with Gasteiger partial charge in [-0.05, 0) is 25.0 Å². The Bertz CT molecular complexity index is 753. The first-order chi connectivity index (χ1) is 11.1. The van der Waals surface area contributed by atoms with E-state index in [1.807, 2.05) is 0 Å². The van der Waals surface area contributed by atoms with Crippen molar-refractivity contribution < 1.29 is 14.1 Å². The van der Waals surface area contributed by atoms with Gasteiger partial charge in [-0.3, -0.25) is 14.9 Å². The maximum Gasteiger partial charge on any atom is 0.293 e. The number of nitro groups is 1. The van der Waals surface area contributed by atoms with Crippen LogP contribution in [0.5, 0.6) is 0 Å². The van der Waals surface area contributed by atoms with E-state index in [0.29, 0.717) is 17.7 Å². The van der Waals surface area contributed by atoms with E-state index in [1.165, 1.54) is 25.2 Å². The summed E-state index contributed by atoms with van der Waals surface area (Å²) < 4.78 is 5.49. The molecule has 2 N–H and O–H groups in total. The number of rotatable bonds is 6. The van der Waals surface area contributed by atoms with Gasteiger partial charge in [-0.2, -0.15) is 0 Å². The lowest BCUT2D eigenvalue weighted by Crippen LogP contribution is -2.18. The number of nitro benzene ring substituents is 1. The van der Waals surface area contributed by atoms with Gasteiger partial charge in [0.25, 0.3) is 11.6 Å². The molecule has 23 heavy (non-hydrogen) atoms. The average Bonchev–Trinajstić information content (AvgIpc) is 3.30. The van der Waals surface area contributed by atoms with Crippen molar-refractivity contribution in [3.8, 4) is 0 Å². The zero-order chi connectivity index (χ0) is 16.4. The quantitative estimate of drug-likeness (QED) is 0.615. The van der Waals surface area contributed by atoms with Crippen molar-refractivity contribution in [2.75, 3.05) is 12.4 Å². The number of anilines is 1. The number of aromatic nitrogens is 2. The van der Waals surface area contributed by atoms with Gasteiger partial charge in [-0.1, -0.05) is 0 Å². The highest BCUT2D eigenvalue weighted by Gasteiger charge is 2.29. The fourth-order valence-corrected chi connectivity index (χ4v) is 2.12. The summed E-state index contributed by atoms with van der Waals surface area (Å²) in [5.41, 5.74) is 0.320. The molecule has 1 amide bonds. The Morgan fingerprint density at radius 3 is 2.87 bits per heavy atom. The second-order valence-corrected chi connectivity index (χ2v) is 5.23. The highest BCUT2D eigenvalue weighted by Crippen LogP contribution is 2.39. The molecule has 0 saturated heterocycles. The van der Waals surface area contributed by atoms with Gasteiger partial charge in [-0.25, -0.2) is 0 Å². The highest BCUT2D eigenvalue weighted by atomic mass is 16.6. The molecule has 9 nitrogen and oxygen atoms in total. The van der Waals surface area contributed by atoms with Crippen molar-refractivity contribution in [3.05, 3.63) is 45.7 Å². The maximum atomic E-state index is 11.6. The number of carbonyl (C=O) groups excluding carboxylic acids is 1. The van der Waals surface area contributed by atoms with Crippen molar-refractivity contribution in [2.45, 2.75) is 25.3 Å². The predicted octanol–water partition coefficient (Wildman–Crippen LogP) is 1.83. The fraction of sp³-hybridized carbons (Fsp3) is 0.357. The lowest BCUT2D eigenvalue weighted by molar-refractivity contribution is -0.384. The molecule has 9 heteroatoms. The first-order valence-corrected chi connectivity index (χ1v) is 7.15. The van der Waals surface area contributed by atoms with Crippen molar-refractivity contribution in [1.82, 2.24) is 15.5 Å². The summed E-state index contributed by atoms with van der Waals surface area (Å²) in [6.07, 6.45) is 2.11. The second-order valence-electron chi connectivity index (χ2n) is 5.23.